The number of ether oxygens (including phenoxy) is 1. The maximum atomic E-state index is 12.9. The normalized spacial score (nSPS) is 13.2. The first-order valence-electron chi connectivity index (χ1n) is 21.0. The summed E-state index contributed by atoms with van der Waals surface area (Å²) < 4.78 is 7.52. The summed E-state index contributed by atoms with van der Waals surface area (Å²) in [4.78, 5) is 74.3. The van der Waals surface area contributed by atoms with Gasteiger partial charge >= 0.3 is 0 Å². The van der Waals surface area contributed by atoms with E-state index in [1.54, 1.807) is 53.3 Å². The molecule has 0 aliphatic rings. The van der Waals surface area contributed by atoms with E-state index in [0.717, 1.165) is 18.4 Å². The molecule has 60 heavy (non-hydrogen) atoms. The van der Waals surface area contributed by atoms with E-state index in [9.17, 15) is 28.8 Å². The number of aromatic nitrogens is 3. The number of rotatable bonds is 27. The molecule has 0 saturated carbocycles. The topological polar surface area (TPSA) is 243 Å². The van der Waals surface area contributed by atoms with Crippen LogP contribution in [-0.4, -0.2) is 75.6 Å². The first-order valence-corrected chi connectivity index (χ1v) is 21.0. The number of hydrogen-bond donors (Lipinski definition) is 6. The lowest BCUT2D eigenvalue weighted by atomic mass is 9.97. The molecule has 0 spiro atoms. The van der Waals surface area contributed by atoms with Crippen molar-refractivity contribution < 1.29 is 33.5 Å². The van der Waals surface area contributed by atoms with Gasteiger partial charge in [0, 0.05) is 36.1 Å². The molecule has 0 fully saturated rings. The second-order valence-corrected chi connectivity index (χ2v) is 16.4. The number of amides is 6. The van der Waals surface area contributed by atoms with Gasteiger partial charge in [0.1, 0.15) is 30.1 Å². The Morgan fingerprint density at radius 1 is 0.683 bits per heavy atom. The van der Waals surface area contributed by atoms with Crippen LogP contribution in [0.1, 0.15) is 125 Å². The maximum Gasteiger partial charge on any atom is 0.251 e. The standard InChI is InChI=1S/C44H65N9O7/c1-28(2)22-30(5)41(56)49-37(39(45)54)14-7-9-20-47-43(58)33-16-18-36(19-17-33)60-27-35-26-53(52-51-35)25-32-12-11-13-34(24-32)44(59)48-21-10-8-15-38(40(46)55)50-42(57)31(6)23-29(3)4/h11-13,16-19,24,26,28-31,37-38H,7-10,14-15,20-23,25,27H2,1-6H3,(H2,45,54)(H2,46,55)(H,47,58)(H,48,59)(H,49,56)(H,50,57)/t30-,31-,37-,38-/m0/s1. The zero-order valence-electron chi connectivity index (χ0n) is 36.0. The molecule has 4 atom stereocenters. The second kappa shape index (κ2) is 25.0. The van der Waals surface area contributed by atoms with E-state index in [0.29, 0.717) is 92.6 Å². The predicted molar refractivity (Wildman–Crippen MR) is 228 cm³/mol. The fourth-order valence-corrected chi connectivity index (χ4v) is 6.72. The summed E-state index contributed by atoms with van der Waals surface area (Å²) >= 11 is 0. The zero-order chi connectivity index (χ0) is 44.2. The number of nitrogens with zero attached hydrogens (tertiary/aromatic N) is 3. The number of carbonyl (C=O) groups is 6. The number of primary amides is 2. The monoisotopic (exact) mass is 832 g/mol. The van der Waals surface area contributed by atoms with Crippen molar-refractivity contribution in [1.29, 1.82) is 0 Å². The third kappa shape index (κ3) is 17.6. The first kappa shape index (κ1) is 48.6. The fraction of sp³-hybridized carbons (Fsp3) is 0.545. The van der Waals surface area contributed by atoms with Crippen molar-refractivity contribution in [3.63, 3.8) is 0 Å². The van der Waals surface area contributed by atoms with Crippen LogP contribution in [-0.2, 0) is 32.3 Å². The minimum Gasteiger partial charge on any atom is -0.487 e. The average Bonchev–Trinajstić information content (AvgIpc) is 3.65. The molecule has 0 radical (unpaired) electrons. The van der Waals surface area contributed by atoms with Crippen molar-refractivity contribution in [1.82, 2.24) is 36.3 Å². The van der Waals surface area contributed by atoms with Crippen molar-refractivity contribution in [3.8, 4) is 5.75 Å². The summed E-state index contributed by atoms with van der Waals surface area (Å²) in [5, 5.41) is 19.7. The lowest BCUT2D eigenvalue weighted by Gasteiger charge is -2.19. The third-order valence-electron chi connectivity index (χ3n) is 9.90. The van der Waals surface area contributed by atoms with Crippen LogP contribution in [0.3, 0.4) is 0 Å². The summed E-state index contributed by atoms with van der Waals surface area (Å²) in [5.74, 6) is -1.13. The third-order valence-corrected chi connectivity index (χ3v) is 9.90. The van der Waals surface area contributed by atoms with Gasteiger partial charge in [0.15, 0.2) is 0 Å². The summed E-state index contributed by atoms with van der Waals surface area (Å²) in [7, 11) is 0. The van der Waals surface area contributed by atoms with Gasteiger partial charge in [-0.05, 0) is 105 Å². The number of unbranched alkanes of at least 4 members (excludes halogenated alkanes) is 2. The number of nitrogens with two attached hydrogens (primary N) is 2. The maximum absolute atomic E-state index is 12.9. The first-order chi connectivity index (χ1) is 28.5. The molecular weight excluding hydrogens is 767 g/mol. The molecule has 3 aromatic rings. The van der Waals surface area contributed by atoms with Gasteiger partial charge in [-0.2, -0.15) is 0 Å². The van der Waals surface area contributed by atoms with E-state index in [4.69, 9.17) is 16.2 Å². The summed E-state index contributed by atoms with van der Waals surface area (Å²) in [6.45, 7) is 13.2. The Balaban J connectivity index is 1.37. The van der Waals surface area contributed by atoms with Gasteiger partial charge < -0.3 is 37.5 Å². The highest BCUT2D eigenvalue weighted by atomic mass is 16.5. The van der Waals surface area contributed by atoms with Crippen LogP contribution < -0.4 is 37.5 Å². The van der Waals surface area contributed by atoms with Crippen LogP contribution in [0.15, 0.2) is 54.7 Å². The molecule has 16 nitrogen and oxygen atoms in total. The van der Waals surface area contributed by atoms with Crippen LogP contribution >= 0.6 is 0 Å². The minimum atomic E-state index is -0.747. The van der Waals surface area contributed by atoms with Gasteiger partial charge in [-0.1, -0.05) is 58.9 Å². The molecule has 0 saturated heterocycles. The largest absolute Gasteiger partial charge is 0.487 e. The average molecular weight is 832 g/mol. The van der Waals surface area contributed by atoms with Crippen LogP contribution in [0.25, 0.3) is 0 Å². The highest BCUT2D eigenvalue weighted by Gasteiger charge is 2.23. The Labute approximate surface area is 353 Å². The summed E-state index contributed by atoms with van der Waals surface area (Å²) in [6.07, 6.45) is 6.41. The van der Waals surface area contributed by atoms with Gasteiger partial charge in [-0.3, -0.25) is 28.8 Å². The SMILES string of the molecule is CC(C)C[C@H](C)C(=O)N[C@@H](CCCCNC(=O)c1ccc(OCc2cn(Cc3cccc(C(=O)NCCCC[C@H](NC(=O)[C@@H](C)CC(C)C)C(N)=O)c3)nn2)cc1)C(N)=O. The Hall–Kier alpha value is -5.80. The molecule has 2 aromatic carbocycles. The Morgan fingerprint density at radius 2 is 1.20 bits per heavy atom. The van der Waals surface area contributed by atoms with Gasteiger partial charge in [-0.25, -0.2) is 4.68 Å². The summed E-state index contributed by atoms with van der Waals surface area (Å²) in [5.41, 5.74) is 13.5. The zero-order valence-corrected chi connectivity index (χ0v) is 36.0. The molecular formula is C44H65N9O7. The molecule has 0 aliphatic carbocycles. The van der Waals surface area contributed by atoms with Crippen molar-refractivity contribution in [2.75, 3.05) is 13.1 Å². The predicted octanol–water partition coefficient (Wildman–Crippen LogP) is 4.01. The molecule has 1 heterocycles. The Kier molecular flexibility index (Phi) is 20.2. The summed E-state index contributed by atoms with van der Waals surface area (Å²) in [6, 6.07) is 12.5. The van der Waals surface area contributed by atoms with Gasteiger partial charge in [0.05, 0.1) is 12.7 Å². The Morgan fingerprint density at radius 3 is 1.70 bits per heavy atom. The molecule has 1 aromatic heterocycles. The highest BCUT2D eigenvalue weighted by molar-refractivity contribution is 5.95. The van der Waals surface area contributed by atoms with Crippen LogP contribution in [0.4, 0.5) is 0 Å². The molecule has 3 rings (SSSR count). The number of carbonyl (C=O) groups excluding carboxylic acids is 6. The number of hydrogen-bond acceptors (Lipinski definition) is 9. The van der Waals surface area contributed by atoms with E-state index in [1.807, 2.05) is 47.6 Å². The van der Waals surface area contributed by atoms with Crippen LogP contribution in [0.5, 0.6) is 5.75 Å². The van der Waals surface area contributed by atoms with E-state index < -0.39 is 23.9 Å². The lowest BCUT2D eigenvalue weighted by molar-refractivity contribution is -0.130. The highest BCUT2D eigenvalue weighted by Crippen LogP contribution is 2.16. The fourth-order valence-electron chi connectivity index (χ4n) is 6.72. The molecule has 8 N–H and O–H groups in total. The number of nitrogens with one attached hydrogen (secondary N) is 4. The molecule has 328 valence electrons. The minimum absolute atomic E-state index is 0.154. The van der Waals surface area contributed by atoms with E-state index >= 15 is 0 Å². The van der Waals surface area contributed by atoms with Gasteiger partial charge in [0.25, 0.3) is 11.8 Å². The van der Waals surface area contributed by atoms with Gasteiger partial charge in [0.2, 0.25) is 23.6 Å². The van der Waals surface area contributed by atoms with Crippen molar-refractivity contribution >= 4 is 35.4 Å². The number of benzene rings is 2. The van der Waals surface area contributed by atoms with E-state index in [1.165, 1.54) is 0 Å². The smallest absolute Gasteiger partial charge is 0.251 e. The quantitative estimate of drug-likeness (QED) is 0.0608. The van der Waals surface area contributed by atoms with Crippen molar-refractivity contribution in [2.24, 2.45) is 35.1 Å². The molecule has 16 heteroatoms. The van der Waals surface area contributed by atoms with Crippen LogP contribution in [0, 0.1) is 23.7 Å². The second-order valence-electron chi connectivity index (χ2n) is 16.4. The van der Waals surface area contributed by atoms with Crippen molar-refractivity contribution in [2.45, 2.75) is 118 Å². The van der Waals surface area contributed by atoms with Crippen molar-refractivity contribution in [3.05, 3.63) is 77.1 Å². The van der Waals surface area contributed by atoms with E-state index in [-0.39, 0.29) is 42.1 Å². The molecule has 6 amide bonds. The lowest BCUT2D eigenvalue weighted by Crippen LogP contribution is -2.46. The van der Waals surface area contributed by atoms with Crippen LogP contribution in [0.2, 0.25) is 0 Å². The van der Waals surface area contributed by atoms with E-state index in [2.05, 4.69) is 31.6 Å². The molecule has 0 unspecified atom stereocenters. The molecule has 0 bridgehead atoms. The van der Waals surface area contributed by atoms with Gasteiger partial charge in [-0.15, -0.1) is 5.10 Å². The Bertz CT molecular complexity index is 1860. The molecule has 0 aliphatic heterocycles.